The lowest BCUT2D eigenvalue weighted by molar-refractivity contribution is 0.548. The van der Waals surface area contributed by atoms with E-state index in [0.29, 0.717) is 19.0 Å². The maximum absolute atomic E-state index is 11.7. The van der Waals surface area contributed by atoms with E-state index >= 15 is 0 Å². The van der Waals surface area contributed by atoms with Crippen LogP contribution in [0, 0.1) is 5.92 Å². The zero-order valence-electron chi connectivity index (χ0n) is 12.1. The van der Waals surface area contributed by atoms with Crippen molar-refractivity contribution < 1.29 is 8.42 Å². The maximum Gasteiger partial charge on any atom is 0.154 e. The highest BCUT2D eigenvalue weighted by molar-refractivity contribution is 7.91. The van der Waals surface area contributed by atoms with Crippen molar-refractivity contribution in [3.63, 3.8) is 0 Å². The summed E-state index contributed by atoms with van der Waals surface area (Å²) in [7, 11) is -3.02. The first kappa shape index (κ1) is 16.1. The molecule has 7 heteroatoms. The summed E-state index contributed by atoms with van der Waals surface area (Å²) in [6, 6.07) is 0. The van der Waals surface area contributed by atoms with Gasteiger partial charge in [-0.3, -0.25) is 4.68 Å². The molecule has 0 spiro atoms. The Morgan fingerprint density at radius 1 is 1.32 bits per heavy atom. The summed E-state index contributed by atoms with van der Waals surface area (Å²) in [4.78, 5) is 0. The molecule has 0 radical (unpaired) electrons. The molecule has 0 atom stereocenters. The van der Waals surface area contributed by atoms with Crippen molar-refractivity contribution in [2.75, 3.05) is 12.3 Å². The van der Waals surface area contributed by atoms with Gasteiger partial charge in [0.1, 0.15) is 0 Å². The molecule has 1 aromatic heterocycles. The predicted molar refractivity (Wildman–Crippen MR) is 75.5 cm³/mol. The van der Waals surface area contributed by atoms with E-state index in [1.54, 1.807) is 24.7 Å². The zero-order chi connectivity index (χ0) is 14.5. The molecule has 0 amide bonds. The van der Waals surface area contributed by atoms with Crippen LogP contribution < -0.4 is 5.32 Å². The van der Waals surface area contributed by atoms with Gasteiger partial charge < -0.3 is 5.32 Å². The van der Waals surface area contributed by atoms with Gasteiger partial charge in [-0.05, 0) is 26.3 Å². The predicted octanol–water partition coefficient (Wildman–Crippen LogP) is 0.847. The Morgan fingerprint density at radius 3 is 2.58 bits per heavy atom. The number of aryl methyl sites for hydroxylation is 1. The van der Waals surface area contributed by atoms with Crippen molar-refractivity contribution in [1.29, 1.82) is 0 Å². The summed E-state index contributed by atoms with van der Waals surface area (Å²) >= 11 is 0. The molecule has 0 aliphatic rings. The first-order valence-corrected chi connectivity index (χ1v) is 8.34. The van der Waals surface area contributed by atoms with Gasteiger partial charge in [-0.15, -0.1) is 5.10 Å². The number of hydrogen-bond donors (Lipinski definition) is 1. The summed E-state index contributed by atoms with van der Waals surface area (Å²) in [6.45, 7) is 9.61. The Kier molecular flexibility index (Phi) is 5.93. The summed E-state index contributed by atoms with van der Waals surface area (Å²) < 4.78 is 25.0. The second kappa shape index (κ2) is 7.00. The number of aromatic nitrogens is 3. The van der Waals surface area contributed by atoms with Crippen molar-refractivity contribution >= 4 is 9.84 Å². The quantitative estimate of drug-likeness (QED) is 0.767. The van der Waals surface area contributed by atoms with Crippen LogP contribution in [0.25, 0.3) is 0 Å². The smallest absolute Gasteiger partial charge is 0.154 e. The zero-order valence-corrected chi connectivity index (χ0v) is 12.9. The molecule has 0 saturated heterocycles. The van der Waals surface area contributed by atoms with E-state index in [0.717, 1.165) is 12.2 Å². The minimum absolute atomic E-state index is 0.104. The van der Waals surface area contributed by atoms with E-state index in [1.165, 1.54) is 0 Å². The van der Waals surface area contributed by atoms with Gasteiger partial charge in [-0.2, -0.15) is 0 Å². The Bertz CT molecular complexity index is 480. The van der Waals surface area contributed by atoms with Gasteiger partial charge in [0.2, 0.25) is 0 Å². The number of nitrogens with one attached hydrogen (secondary N) is 1. The van der Waals surface area contributed by atoms with E-state index < -0.39 is 9.84 Å². The minimum Gasteiger partial charge on any atom is -0.311 e. The Labute approximate surface area is 115 Å². The molecule has 0 aliphatic carbocycles. The number of hydrogen-bond acceptors (Lipinski definition) is 5. The fraction of sp³-hybridized carbons (Fsp3) is 0.833. The molecule has 0 saturated carbocycles. The third-order valence-corrected chi connectivity index (χ3v) is 4.96. The first-order valence-electron chi connectivity index (χ1n) is 6.62. The Morgan fingerprint density at radius 2 is 2.00 bits per heavy atom. The summed E-state index contributed by atoms with van der Waals surface area (Å²) in [5, 5.41) is 10.9. The van der Waals surface area contributed by atoms with Crippen LogP contribution in [-0.4, -0.2) is 41.0 Å². The first-order chi connectivity index (χ1) is 8.81. The van der Waals surface area contributed by atoms with Gasteiger partial charge in [-0.25, -0.2) is 8.42 Å². The average Bonchev–Trinajstić information content (AvgIpc) is 2.74. The average molecular weight is 288 g/mol. The molecule has 1 heterocycles. The highest BCUT2D eigenvalue weighted by Gasteiger charge is 2.16. The second-order valence-corrected chi connectivity index (χ2v) is 8.09. The van der Waals surface area contributed by atoms with E-state index in [4.69, 9.17) is 0 Å². The van der Waals surface area contributed by atoms with Gasteiger partial charge >= 0.3 is 0 Å². The summed E-state index contributed by atoms with van der Waals surface area (Å²) in [5.74, 6) is 0.693. The number of sulfone groups is 1. The minimum atomic E-state index is -3.02. The van der Waals surface area contributed by atoms with E-state index in [1.807, 2.05) is 0 Å². The van der Waals surface area contributed by atoms with Gasteiger partial charge in [0.05, 0.1) is 23.2 Å². The highest BCUT2D eigenvalue weighted by atomic mass is 32.2. The van der Waals surface area contributed by atoms with Crippen LogP contribution in [-0.2, 0) is 22.9 Å². The van der Waals surface area contributed by atoms with Gasteiger partial charge in [-0.1, -0.05) is 19.1 Å². The van der Waals surface area contributed by atoms with Crippen molar-refractivity contribution in [1.82, 2.24) is 20.3 Å². The Hall–Kier alpha value is -0.950. The topological polar surface area (TPSA) is 76.9 Å². The lowest BCUT2D eigenvalue weighted by Gasteiger charge is -2.06. The summed E-state index contributed by atoms with van der Waals surface area (Å²) in [5.41, 5.74) is 0.836. The molecule has 0 unspecified atom stereocenters. The molecule has 0 bridgehead atoms. The highest BCUT2D eigenvalue weighted by Crippen LogP contribution is 2.02. The largest absolute Gasteiger partial charge is 0.311 e. The summed E-state index contributed by atoms with van der Waals surface area (Å²) in [6.07, 6.45) is 1.79. The molecule has 19 heavy (non-hydrogen) atoms. The molecular weight excluding hydrogens is 264 g/mol. The van der Waals surface area contributed by atoms with Crippen molar-refractivity contribution in [3.8, 4) is 0 Å². The molecular formula is C12H24N4O2S. The van der Waals surface area contributed by atoms with Crippen molar-refractivity contribution in [3.05, 3.63) is 11.9 Å². The standard InChI is InChI=1S/C12H24N4O2S/c1-10(2)7-13-8-12-9-16(15-14-12)5-6-19(17,18)11(3)4/h9-11,13H,5-8H2,1-4H3. The molecule has 1 rings (SSSR count). The molecule has 1 N–H and O–H groups in total. The number of rotatable bonds is 8. The third kappa shape index (κ3) is 5.69. The monoisotopic (exact) mass is 288 g/mol. The van der Waals surface area contributed by atoms with Gasteiger partial charge in [0.25, 0.3) is 0 Å². The maximum atomic E-state index is 11.7. The lowest BCUT2D eigenvalue weighted by atomic mass is 10.2. The SMILES string of the molecule is CC(C)CNCc1cn(CCS(=O)(=O)C(C)C)nn1. The fourth-order valence-corrected chi connectivity index (χ4v) is 2.39. The van der Waals surface area contributed by atoms with Gasteiger partial charge in [0, 0.05) is 12.7 Å². The fourth-order valence-electron chi connectivity index (χ4n) is 1.47. The van der Waals surface area contributed by atoms with Crippen LogP contribution in [0.4, 0.5) is 0 Å². The molecule has 1 aromatic rings. The molecule has 0 aliphatic heterocycles. The number of nitrogens with zero attached hydrogens (tertiary/aromatic N) is 3. The van der Waals surface area contributed by atoms with Crippen LogP contribution in [0.15, 0.2) is 6.20 Å². The van der Waals surface area contributed by atoms with Crippen molar-refractivity contribution in [2.24, 2.45) is 5.92 Å². The molecule has 0 fully saturated rings. The lowest BCUT2D eigenvalue weighted by Crippen LogP contribution is -2.21. The van der Waals surface area contributed by atoms with E-state index in [-0.39, 0.29) is 11.0 Å². The van der Waals surface area contributed by atoms with E-state index in [2.05, 4.69) is 29.5 Å². The van der Waals surface area contributed by atoms with Crippen LogP contribution in [0.3, 0.4) is 0 Å². The molecule has 6 nitrogen and oxygen atoms in total. The van der Waals surface area contributed by atoms with Crippen LogP contribution in [0.2, 0.25) is 0 Å². The van der Waals surface area contributed by atoms with Crippen molar-refractivity contribution in [2.45, 2.75) is 46.0 Å². The van der Waals surface area contributed by atoms with Crippen LogP contribution in [0.5, 0.6) is 0 Å². The van der Waals surface area contributed by atoms with Crippen LogP contribution >= 0.6 is 0 Å². The molecule has 110 valence electrons. The Balaban J connectivity index is 2.43. The van der Waals surface area contributed by atoms with E-state index in [9.17, 15) is 8.42 Å². The molecule has 0 aromatic carbocycles. The third-order valence-electron chi connectivity index (χ3n) is 2.77. The van der Waals surface area contributed by atoms with Crippen LogP contribution in [0.1, 0.15) is 33.4 Å². The second-order valence-electron chi connectivity index (χ2n) is 5.41. The van der Waals surface area contributed by atoms with Gasteiger partial charge in [0.15, 0.2) is 9.84 Å². The normalized spacial score (nSPS) is 12.5.